The van der Waals surface area contributed by atoms with Crippen LogP contribution >= 0.6 is 0 Å². The second-order valence-corrected chi connectivity index (χ2v) is 5.11. The van der Waals surface area contributed by atoms with Crippen LogP contribution in [0.4, 0.5) is 0 Å². The largest absolute Gasteiger partial charge is 0.454 e. The molecule has 1 aliphatic carbocycles. The van der Waals surface area contributed by atoms with E-state index < -0.39 is 0 Å². The van der Waals surface area contributed by atoms with Crippen LogP contribution in [0.5, 0.6) is 11.5 Å². The van der Waals surface area contributed by atoms with Crippen LogP contribution in [0.1, 0.15) is 24.8 Å². The van der Waals surface area contributed by atoms with Gasteiger partial charge in [0.25, 0.3) is 0 Å². The second kappa shape index (κ2) is 5.16. The predicted molar refractivity (Wildman–Crippen MR) is 67.6 cm³/mol. The van der Waals surface area contributed by atoms with Crippen molar-refractivity contribution in [2.24, 2.45) is 5.92 Å². The van der Waals surface area contributed by atoms with Crippen molar-refractivity contribution < 1.29 is 14.6 Å². The third-order valence-electron chi connectivity index (χ3n) is 3.74. The summed E-state index contributed by atoms with van der Waals surface area (Å²) < 4.78 is 10.8. The minimum Gasteiger partial charge on any atom is -0.454 e. The van der Waals surface area contributed by atoms with Crippen molar-refractivity contribution in [1.82, 2.24) is 5.32 Å². The van der Waals surface area contributed by atoms with Crippen LogP contribution in [0.15, 0.2) is 18.2 Å². The summed E-state index contributed by atoms with van der Waals surface area (Å²) in [5, 5.41) is 12.9. The lowest BCUT2D eigenvalue weighted by Crippen LogP contribution is -2.21. The Morgan fingerprint density at radius 1 is 1.28 bits per heavy atom. The maximum atomic E-state index is 9.48. The molecule has 18 heavy (non-hydrogen) atoms. The average molecular weight is 249 g/mol. The molecule has 2 aliphatic rings. The number of hydrogen-bond acceptors (Lipinski definition) is 4. The van der Waals surface area contributed by atoms with E-state index in [1.54, 1.807) is 0 Å². The molecule has 0 radical (unpaired) electrons. The molecule has 1 saturated carbocycles. The van der Waals surface area contributed by atoms with Gasteiger partial charge >= 0.3 is 0 Å². The highest BCUT2D eigenvalue weighted by atomic mass is 16.7. The van der Waals surface area contributed by atoms with Crippen molar-refractivity contribution in [1.29, 1.82) is 0 Å². The molecule has 0 saturated heterocycles. The lowest BCUT2D eigenvalue weighted by Gasteiger charge is -2.11. The van der Waals surface area contributed by atoms with Gasteiger partial charge in [-0.1, -0.05) is 12.1 Å². The highest BCUT2D eigenvalue weighted by Crippen LogP contribution is 2.35. The SMILES string of the molecule is OC1CCC(CNCc2cccc3c2OCO3)C1. The predicted octanol–water partition coefficient (Wildman–Crippen LogP) is 1.67. The normalized spacial score (nSPS) is 25.6. The minimum atomic E-state index is -0.0884. The first-order valence-electron chi connectivity index (χ1n) is 6.59. The van der Waals surface area contributed by atoms with Gasteiger partial charge in [0, 0.05) is 12.1 Å². The summed E-state index contributed by atoms with van der Waals surface area (Å²) in [4.78, 5) is 0. The van der Waals surface area contributed by atoms with Crippen LogP contribution < -0.4 is 14.8 Å². The summed E-state index contributed by atoms with van der Waals surface area (Å²) in [6.45, 7) is 2.07. The fourth-order valence-electron chi connectivity index (χ4n) is 2.77. The zero-order chi connectivity index (χ0) is 12.4. The first-order valence-corrected chi connectivity index (χ1v) is 6.59. The van der Waals surface area contributed by atoms with Crippen LogP contribution in [-0.4, -0.2) is 24.5 Å². The van der Waals surface area contributed by atoms with Crippen LogP contribution in [-0.2, 0) is 6.54 Å². The molecule has 0 amide bonds. The second-order valence-electron chi connectivity index (χ2n) is 5.11. The van der Waals surface area contributed by atoms with Gasteiger partial charge < -0.3 is 19.9 Å². The van der Waals surface area contributed by atoms with Gasteiger partial charge in [-0.15, -0.1) is 0 Å². The molecule has 1 aromatic carbocycles. The Kier molecular flexibility index (Phi) is 3.39. The number of ether oxygens (including phenoxy) is 2. The fourth-order valence-corrected chi connectivity index (χ4v) is 2.77. The number of nitrogens with one attached hydrogen (secondary N) is 1. The quantitative estimate of drug-likeness (QED) is 0.852. The Morgan fingerprint density at radius 3 is 3.06 bits per heavy atom. The molecule has 3 rings (SSSR count). The van der Waals surface area contributed by atoms with Crippen molar-refractivity contribution in [3.05, 3.63) is 23.8 Å². The molecule has 2 atom stereocenters. The smallest absolute Gasteiger partial charge is 0.231 e. The molecular weight excluding hydrogens is 230 g/mol. The van der Waals surface area contributed by atoms with Crippen molar-refractivity contribution in [2.45, 2.75) is 31.9 Å². The monoisotopic (exact) mass is 249 g/mol. The summed E-state index contributed by atoms with van der Waals surface area (Å²) in [6, 6.07) is 5.98. The van der Waals surface area contributed by atoms with Gasteiger partial charge in [-0.25, -0.2) is 0 Å². The highest BCUT2D eigenvalue weighted by Gasteiger charge is 2.22. The average Bonchev–Trinajstić information content (AvgIpc) is 2.98. The van der Waals surface area contributed by atoms with E-state index in [4.69, 9.17) is 9.47 Å². The molecular formula is C14H19NO3. The first-order chi connectivity index (χ1) is 8.83. The Labute approximate surface area is 107 Å². The van der Waals surface area contributed by atoms with Crippen molar-refractivity contribution in [3.8, 4) is 11.5 Å². The van der Waals surface area contributed by atoms with Gasteiger partial charge in [0.1, 0.15) is 0 Å². The summed E-state index contributed by atoms with van der Waals surface area (Å²) >= 11 is 0. The van der Waals surface area contributed by atoms with Crippen molar-refractivity contribution >= 4 is 0 Å². The van der Waals surface area contributed by atoms with Crippen molar-refractivity contribution in [2.75, 3.05) is 13.3 Å². The molecule has 0 spiro atoms. The molecule has 2 unspecified atom stereocenters. The first kappa shape index (κ1) is 11.8. The zero-order valence-electron chi connectivity index (χ0n) is 10.4. The number of aliphatic hydroxyl groups is 1. The number of hydrogen-bond donors (Lipinski definition) is 2. The Balaban J connectivity index is 1.53. The van der Waals surface area contributed by atoms with E-state index in [2.05, 4.69) is 11.4 Å². The van der Waals surface area contributed by atoms with Crippen LogP contribution in [0.25, 0.3) is 0 Å². The van der Waals surface area contributed by atoms with Gasteiger partial charge in [0.15, 0.2) is 11.5 Å². The third kappa shape index (κ3) is 2.44. The van der Waals surface area contributed by atoms with Gasteiger partial charge in [-0.3, -0.25) is 0 Å². The molecule has 4 nitrogen and oxygen atoms in total. The van der Waals surface area contributed by atoms with E-state index in [1.165, 1.54) is 0 Å². The molecule has 1 aromatic rings. The van der Waals surface area contributed by atoms with E-state index in [1.807, 2.05) is 12.1 Å². The summed E-state index contributed by atoms with van der Waals surface area (Å²) in [5.74, 6) is 2.32. The lowest BCUT2D eigenvalue weighted by molar-refractivity contribution is 0.173. The highest BCUT2D eigenvalue weighted by molar-refractivity contribution is 5.48. The van der Waals surface area contributed by atoms with Gasteiger partial charge in [0.05, 0.1) is 6.10 Å². The summed E-state index contributed by atoms with van der Waals surface area (Å²) in [5.41, 5.74) is 1.14. The Morgan fingerprint density at radius 2 is 2.22 bits per heavy atom. The number of aliphatic hydroxyl groups excluding tert-OH is 1. The number of para-hydroxylation sites is 1. The van der Waals surface area contributed by atoms with Crippen LogP contribution in [0.2, 0.25) is 0 Å². The molecule has 4 heteroatoms. The number of fused-ring (bicyclic) bond motifs is 1. The van der Waals surface area contributed by atoms with Gasteiger partial charge in [-0.2, -0.15) is 0 Å². The molecule has 2 N–H and O–H groups in total. The lowest BCUT2D eigenvalue weighted by atomic mass is 10.1. The molecule has 1 aliphatic heterocycles. The van der Waals surface area contributed by atoms with Crippen LogP contribution in [0.3, 0.4) is 0 Å². The molecule has 98 valence electrons. The van der Waals surface area contributed by atoms with E-state index in [0.717, 1.165) is 49.4 Å². The van der Waals surface area contributed by atoms with E-state index in [-0.39, 0.29) is 6.10 Å². The standard InChI is InChI=1S/C14H19NO3/c16-12-5-4-10(6-12)7-15-8-11-2-1-3-13-14(11)18-9-17-13/h1-3,10,12,15-16H,4-9H2. The van der Waals surface area contributed by atoms with Gasteiger partial charge in [-0.05, 0) is 37.8 Å². The molecule has 1 heterocycles. The molecule has 0 bridgehead atoms. The molecule has 0 aromatic heterocycles. The third-order valence-corrected chi connectivity index (χ3v) is 3.74. The maximum absolute atomic E-state index is 9.48. The van der Waals surface area contributed by atoms with Crippen LogP contribution in [0, 0.1) is 5.92 Å². The number of benzene rings is 1. The summed E-state index contributed by atoms with van der Waals surface area (Å²) in [7, 11) is 0. The maximum Gasteiger partial charge on any atom is 0.231 e. The summed E-state index contributed by atoms with van der Waals surface area (Å²) in [6.07, 6.45) is 2.92. The van der Waals surface area contributed by atoms with E-state index in [9.17, 15) is 5.11 Å². The van der Waals surface area contributed by atoms with E-state index >= 15 is 0 Å². The fraction of sp³-hybridized carbons (Fsp3) is 0.571. The minimum absolute atomic E-state index is 0.0884. The Hall–Kier alpha value is -1.26. The van der Waals surface area contributed by atoms with Gasteiger partial charge in [0.2, 0.25) is 6.79 Å². The zero-order valence-corrected chi connectivity index (χ0v) is 10.4. The number of rotatable bonds is 4. The van der Waals surface area contributed by atoms with Crippen molar-refractivity contribution in [3.63, 3.8) is 0 Å². The Bertz CT molecular complexity index is 422. The van der Waals surface area contributed by atoms with E-state index in [0.29, 0.717) is 12.7 Å². The molecule has 1 fully saturated rings. The topological polar surface area (TPSA) is 50.7 Å².